The molecule has 0 aliphatic heterocycles. The van der Waals surface area contributed by atoms with Crippen molar-refractivity contribution >= 4 is 19.8 Å². The van der Waals surface area contributed by atoms with Gasteiger partial charge in [-0.25, -0.2) is 0 Å². The number of hydrogen-bond donors (Lipinski definition) is 0. The van der Waals surface area contributed by atoms with E-state index < -0.39 is 32.5 Å². The van der Waals surface area contributed by atoms with Crippen LogP contribution in [-0.2, 0) is 32.7 Å². The maximum atomic E-state index is 12.7. The molecule has 0 rings (SSSR count). The van der Waals surface area contributed by atoms with Crippen LogP contribution < -0.4 is 4.89 Å². The van der Waals surface area contributed by atoms with Crippen LogP contribution in [-0.4, -0.2) is 70.0 Å². The molecule has 0 spiro atoms. The molecule has 0 saturated carbocycles. The molecule has 0 heterocycles. The molecule has 0 radical (unpaired) electrons. The summed E-state index contributed by atoms with van der Waals surface area (Å²) in [6.45, 7) is 4.05. The van der Waals surface area contributed by atoms with E-state index in [1.165, 1.54) is 51.4 Å². The highest BCUT2D eigenvalue weighted by molar-refractivity contribution is 7.45. The van der Waals surface area contributed by atoms with Crippen molar-refractivity contribution in [3.05, 3.63) is 85.1 Å². The van der Waals surface area contributed by atoms with Crippen molar-refractivity contribution in [2.75, 3.05) is 47.5 Å². The first kappa shape index (κ1) is 55.2. The molecule has 0 saturated heterocycles. The molecule has 2 atom stereocenters. The standard InChI is InChI=1S/C48H82NO8P/c1-6-8-10-12-14-16-18-20-22-23-24-25-27-28-30-32-34-36-38-40-47(50)54-44-46(45-56-58(52,53)55-43-42-49(3,4)5)57-48(51)41-39-37-35-33-31-29-26-21-19-17-15-13-11-9-7-2/h14-17,20-22,24-26,28,30,34,36,46H,6-13,18-19,23,27,29,31-33,35,37-45H2,1-5H3/b16-14+,17-15+,22-20+,25-24+,26-21+,30-28+,36-34+/t46-/m1/s1. The zero-order valence-corrected chi connectivity index (χ0v) is 38.1. The zero-order valence-electron chi connectivity index (χ0n) is 37.2. The van der Waals surface area contributed by atoms with Gasteiger partial charge in [-0.2, -0.15) is 0 Å². The van der Waals surface area contributed by atoms with Crippen molar-refractivity contribution in [1.29, 1.82) is 0 Å². The minimum atomic E-state index is -4.65. The van der Waals surface area contributed by atoms with Crippen LogP contribution in [0.1, 0.15) is 155 Å². The molecule has 0 aliphatic carbocycles. The van der Waals surface area contributed by atoms with Gasteiger partial charge in [0.1, 0.15) is 19.8 Å². The van der Waals surface area contributed by atoms with Crippen LogP contribution in [0.4, 0.5) is 0 Å². The summed E-state index contributed by atoms with van der Waals surface area (Å²) in [6.07, 6.45) is 50.5. The molecule has 0 bridgehead atoms. The van der Waals surface area contributed by atoms with E-state index in [1.54, 1.807) is 0 Å². The Bertz CT molecular complexity index is 1260. The molecule has 0 fully saturated rings. The van der Waals surface area contributed by atoms with Crippen LogP contribution >= 0.6 is 7.82 Å². The van der Waals surface area contributed by atoms with Gasteiger partial charge < -0.3 is 27.9 Å². The van der Waals surface area contributed by atoms with Gasteiger partial charge in [0.25, 0.3) is 7.82 Å². The summed E-state index contributed by atoms with van der Waals surface area (Å²) in [5.41, 5.74) is 0. The van der Waals surface area contributed by atoms with Gasteiger partial charge in [0.2, 0.25) is 0 Å². The second-order valence-corrected chi connectivity index (χ2v) is 17.1. The molecule has 0 N–H and O–H groups in total. The molecule has 0 aliphatic rings. The van der Waals surface area contributed by atoms with E-state index in [1.807, 2.05) is 33.3 Å². The fourth-order valence-corrected chi connectivity index (χ4v) is 6.10. The lowest BCUT2D eigenvalue weighted by molar-refractivity contribution is -0.870. The Balaban J connectivity index is 4.52. The van der Waals surface area contributed by atoms with E-state index in [2.05, 4.69) is 86.8 Å². The van der Waals surface area contributed by atoms with E-state index in [0.29, 0.717) is 23.9 Å². The molecule has 10 heteroatoms. The first-order valence-electron chi connectivity index (χ1n) is 22.3. The van der Waals surface area contributed by atoms with Crippen LogP contribution in [0, 0.1) is 0 Å². The maximum Gasteiger partial charge on any atom is 0.306 e. The molecule has 0 amide bonds. The lowest BCUT2D eigenvalue weighted by atomic mass is 10.1. The Kier molecular flexibility index (Phi) is 37.7. The van der Waals surface area contributed by atoms with Gasteiger partial charge in [0.15, 0.2) is 6.10 Å². The number of likely N-dealkylation sites (N-methyl/N-ethyl adjacent to an activating group) is 1. The smallest absolute Gasteiger partial charge is 0.306 e. The van der Waals surface area contributed by atoms with Crippen molar-refractivity contribution < 1.29 is 42.1 Å². The first-order chi connectivity index (χ1) is 28.0. The van der Waals surface area contributed by atoms with E-state index >= 15 is 0 Å². The summed E-state index contributed by atoms with van der Waals surface area (Å²) in [5, 5.41) is 0. The average molecular weight is 832 g/mol. The van der Waals surface area contributed by atoms with Gasteiger partial charge in [-0.3, -0.25) is 14.2 Å². The number of ether oxygens (including phenoxy) is 2. The van der Waals surface area contributed by atoms with Crippen molar-refractivity contribution in [3.63, 3.8) is 0 Å². The van der Waals surface area contributed by atoms with Crippen LogP contribution in [0.5, 0.6) is 0 Å². The third-order valence-corrected chi connectivity index (χ3v) is 9.87. The highest BCUT2D eigenvalue weighted by atomic mass is 31.2. The van der Waals surface area contributed by atoms with Crippen molar-refractivity contribution in [1.82, 2.24) is 0 Å². The van der Waals surface area contributed by atoms with Gasteiger partial charge in [0, 0.05) is 12.8 Å². The molecular formula is C48H82NO8P. The van der Waals surface area contributed by atoms with Crippen LogP contribution in [0.15, 0.2) is 85.1 Å². The molecule has 332 valence electrons. The summed E-state index contributed by atoms with van der Waals surface area (Å²) in [5.74, 6) is -0.955. The number of phosphoric ester groups is 1. The lowest BCUT2D eigenvalue weighted by Gasteiger charge is -2.28. The predicted octanol–water partition coefficient (Wildman–Crippen LogP) is 12.2. The van der Waals surface area contributed by atoms with E-state index in [0.717, 1.165) is 64.2 Å². The molecule has 0 aromatic carbocycles. The second kappa shape index (κ2) is 39.6. The lowest BCUT2D eigenvalue weighted by Crippen LogP contribution is -2.37. The maximum absolute atomic E-state index is 12.7. The number of carbonyl (C=O) groups is 2. The molecule has 58 heavy (non-hydrogen) atoms. The third-order valence-electron chi connectivity index (χ3n) is 8.90. The Labute approximate surface area is 354 Å². The van der Waals surface area contributed by atoms with Gasteiger partial charge in [-0.15, -0.1) is 0 Å². The molecule has 0 aromatic heterocycles. The van der Waals surface area contributed by atoms with Gasteiger partial charge >= 0.3 is 11.9 Å². The summed E-state index contributed by atoms with van der Waals surface area (Å²) < 4.78 is 33.8. The van der Waals surface area contributed by atoms with Crippen LogP contribution in [0.25, 0.3) is 0 Å². The van der Waals surface area contributed by atoms with Crippen molar-refractivity contribution in [3.8, 4) is 0 Å². The Hall–Kier alpha value is -2.81. The number of carbonyl (C=O) groups excluding carboxylic acids is 2. The molecule has 0 aromatic rings. The van der Waals surface area contributed by atoms with Crippen LogP contribution in [0.3, 0.4) is 0 Å². The molecule has 9 nitrogen and oxygen atoms in total. The summed E-state index contributed by atoms with van der Waals surface area (Å²) in [6, 6.07) is 0. The third kappa shape index (κ3) is 42.8. The van der Waals surface area contributed by atoms with E-state index in [4.69, 9.17) is 18.5 Å². The SMILES string of the molecule is CCCCC/C=C/C/C=C/C/C=C/C/C=C/C/C=C/CCC(=O)OC[C@H](COP(=O)([O-])OCC[N+](C)(C)C)OC(=O)CCCCCCC/C=C/C/C=C/CCCCC. The number of phosphoric acid groups is 1. The van der Waals surface area contributed by atoms with Gasteiger partial charge in [-0.05, 0) is 83.5 Å². The average Bonchev–Trinajstić information content (AvgIpc) is 3.17. The minimum Gasteiger partial charge on any atom is -0.756 e. The Morgan fingerprint density at radius 2 is 0.966 bits per heavy atom. The first-order valence-corrected chi connectivity index (χ1v) is 23.8. The quantitative estimate of drug-likeness (QED) is 0.0198. The van der Waals surface area contributed by atoms with Crippen molar-refractivity contribution in [2.24, 2.45) is 0 Å². The number of esters is 2. The second-order valence-electron chi connectivity index (χ2n) is 15.7. The number of rotatable bonds is 39. The number of quaternary nitrogens is 1. The number of nitrogens with zero attached hydrogens (tertiary/aromatic N) is 1. The largest absolute Gasteiger partial charge is 0.756 e. The number of allylic oxidation sites excluding steroid dienone is 14. The fourth-order valence-electron chi connectivity index (χ4n) is 5.37. The number of unbranched alkanes of at least 4 members (excludes halogenated alkanes) is 11. The Morgan fingerprint density at radius 1 is 0.534 bits per heavy atom. The number of hydrogen-bond acceptors (Lipinski definition) is 8. The summed E-state index contributed by atoms with van der Waals surface area (Å²) in [4.78, 5) is 37.5. The molecular weight excluding hydrogens is 750 g/mol. The summed E-state index contributed by atoms with van der Waals surface area (Å²) in [7, 11) is 1.10. The van der Waals surface area contributed by atoms with E-state index in [9.17, 15) is 19.0 Å². The monoisotopic (exact) mass is 832 g/mol. The van der Waals surface area contributed by atoms with Gasteiger partial charge in [-0.1, -0.05) is 144 Å². The van der Waals surface area contributed by atoms with Crippen LogP contribution in [0.2, 0.25) is 0 Å². The Morgan fingerprint density at radius 3 is 1.45 bits per heavy atom. The fraction of sp³-hybridized carbons (Fsp3) is 0.667. The van der Waals surface area contributed by atoms with Crippen molar-refractivity contribution in [2.45, 2.75) is 161 Å². The minimum absolute atomic E-state index is 0.0491. The summed E-state index contributed by atoms with van der Waals surface area (Å²) >= 11 is 0. The zero-order chi connectivity index (χ0) is 42.8. The normalized spacial score (nSPS) is 14.4. The topological polar surface area (TPSA) is 111 Å². The van der Waals surface area contributed by atoms with E-state index in [-0.39, 0.29) is 26.1 Å². The molecule has 1 unspecified atom stereocenters. The highest BCUT2D eigenvalue weighted by Gasteiger charge is 2.21. The predicted molar refractivity (Wildman–Crippen MR) is 240 cm³/mol. The highest BCUT2D eigenvalue weighted by Crippen LogP contribution is 2.38. The van der Waals surface area contributed by atoms with Gasteiger partial charge in [0.05, 0.1) is 27.7 Å².